The molecule has 0 aliphatic carbocycles. The first-order chi connectivity index (χ1) is 15.5. The van der Waals surface area contributed by atoms with Gasteiger partial charge in [-0.3, -0.25) is 14.6 Å². The number of carbonyl (C=O) groups is 1. The number of nitrogens with zero attached hydrogens (tertiary/aromatic N) is 2. The lowest BCUT2D eigenvalue weighted by atomic mass is 9.96. The topological polar surface area (TPSA) is 87.7 Å². The van der Waals surface area contributed by atoms with E-state index in [-0.39, 0.29) is 17.4 Å². The molecule has 32 heavy (non-hydrogen) atoms. The number of pyridine rings is 1. The number of amides is 1. The number of carbonyl (C=O) groups excluding carboxylic acids is 1. The highest BCUT2D eigenvalue weighted by molar-refractivity contribution is 6.04. The Hall–Kier alpha value is -4.06. The van der Waals surface area contributed by atoms with Gasteiger partial charge in [-0.2, -0.15) is 0 Å². The molecule has 0 saturated carbocycles. The predicted octanol–water partition coefficient (Wildman–Crippen LogP) is 4.74. The normalized spacial score (nSPS) is 11.7. The maximum atomic E-state index is 12.6. The van der Waals surface area contributed by atoms with Crippen LogP contribution in [0.25, 0.3) is 11.3 Å². The maximum Gasteiger partial charge on any atom is 0.255 e. The van der Waals surface area contributed by atoms with Crippen molar-refractivity contribution in [2.75, 3.05) is 5.32 Å². The Balaban J connectivity index is 1.48. The summed E-state index contributed by atoms with van der Waals surface area (Å²) in [5.41, 5.74) is 5.77. The molecule has 2 heterocycles. The fourth-order valence-corrected chi connectivity index (χ4v) is 3.56. The van der Waals surface area contributed by atoms with Gasteiger partial charge < -0.3 is 10.3 Å². The highest BCUT2D eigenvalue weighted by atomic mass is 16.1. The highest BCUT2D eigenvalue weighted by Gasteiger charge is 2.12. The SMILES string of the molecule is Cc1cccc(C(=O)Nc2cccc([C@H](C)Cc3cncc(-c4ccc(=O)[nH]c4)n3)c2)c1. The van der Waals surface area contributed by atoms with Crippen molar-refractivity contribution in [3.8, 4) is 11.3 Å². The van der Waals surface area contributed by atoms with E-state index in [0.29, 0.717) is 17.7 Å². The Bertz CT molecular complexity index is 1290. The zero-order valence-corrected chi connectivity index (χ0v) is 18.0. The number of hydrogen-bond acceptors (Lipinski definition) is 4. The van der Waals surface area contributed by atoms with Gasteiger partial charge in [0.25, 0.3) is 5.91 Å². The van der Waals surface area contributed by atoms with Gasteiger partial charge in [-0.15, -0.1) is 0 Å². The zero-order valence-electron chi connectivity index (χ0n) is 18.0. The van der Waals surface area contributed by atoms with Crippen LogP contribution in [-0.4, -0.2) is 20.9 Å². The summed E-state index contributed by atoms with van der Waals surface area (Å²) < 4.78 is 0. The molecule has 0 radical (unpaired) electrons. The quantitative estimate of drug-likeness (QED) is 0.468. The minimum atomic E-state index is -0.152. The first-order valence-electron chi connectivity index (χ1n) is 10.5. The monoisotopic (exact) mass is 424 g/mol. The zero-order chi connectivity index (χ0) is 22.5. The number of aryl methyl sites for hydroxylation is 1. The third-order valence-corrected chi connectivity index (χ3v) is 5.27. The molecule has 0 bridgehead atoms. The van der Waals surface area contributed by atoms with Crippen LogP contribution in [0.5, 0.6) is 0 Å². The first-order valence-corrected chi connectivity index (χ1v) is 10.5. The van der Waals surface area contributed by atoms with E-state index in [4.69, 9.17) is 4.98 Å². The molecule has 0 spiro atoms. The van der Waals surface area contributed by atoms with Crippen molar-refractivity contribution in [3.63, 3.8) is 0 Å². The molecular formula is C26H24N4O2. The van der Waals surface area contributed by atoms with Gasteiger partial charge in [0.1, 0.15) is 0 Å². The number of anilines is 1. The lowest BCUT2D eigenvalue weighted by Gasteiger charge is -2.14. The molecule has 160 valence electrons. The Morgan fingerprint density at radius 1 is 1.06 bits per heavy atom. The second-order valence-corrected chi connectivity index (χ2v) is 7.89. The van der Waals surface area contributed by atoms with Crippen molar-refractivity contribution < 1.29 is 4.79 Å². The summed E-state index contributed by atoms with van der Waals surface area (Å²) in [6, 6.07) is 18.6. The fraction of sp³-hybridized carbons (Fsp3) is 0.154. The molecule has 2 N–H and O–H groups in total. The summed E-state index contributed by atoms with van der Waals surface area (Å²) in [5, 5.41) is 2.98. The molecule has 0 fully saturated rings. The number of aromatic amines is 1. The third-order valence-electron chi connectivity index (χ3n) is 5.27. The van der Waals surface area contributed by atoms with Crippen molar-refractivity contribution in [1.82, 2.24) is 15.0 Å². The molecular weight excluding hydrogens is 400 g/mol. The number of H-pyrrole nitrogens is 1. The van der Waals surface area contributed by atoms with E-state index in [1.807, 2.05) is 55.5 Å². The molecule has 1 atom stereocenters. The van der Waals surface area contributed by atoms with Crippen LogP contribution in [0.15, 0.2) is 84.0 Å². The summed E-state index contributed by atoms with van der Waals surface area (Å²) in [6.07, 6.45) is 5.78. The lowest BCUT2D eigenvalue weighted by Crippen LogP contribution is -2.12. The van der Waals surface area contributed by atoms with Gasteiger partial charge in [0.05, 0.1) is 17.6 Å². The highest BCUT2D eigenvalue weighted by Crippen LogP contribution is 2.24. The van der Waals surface area contributed by atoms with Crippen molar-refractivity contribution in [1.29, 1.82) is 0 Å². The number of rotatable bonds is 6. The molecule has 6 heteroatoms. The van der Waals surface area contributed by atoms with Crippen molar-refractivity contribution in [2.45, 2.75) is 26.2 Å². The van der Waals surface area contributed by atoms with E-state index in [9.17, 15) is 9.59 Å². The molecule has 2 aromatic carbocycles. The molecule has 1 amide bonds. The average molecular weight is 425 g/mol. The minimum Gasteiger partial charge on any atom is -0.328 e. The Morgan fingerprint density at radius 2 is 1.91 bits per heavy atom. The summed E-state index contributed by atoms with van der Waals surface area (Å²) in [4.78, 5) is 35.6. The van der Waals surface area contributed by atoms with Crippen LogP contribution in [0.3, 0.4) is 0 Å². The Kier molecular flexibility index (Phi) is 6.22. The number of nitrogens with one attached hydrogen (secondary N) is 2. The van der Waals surface area contributed by atoms with E-state index in [0.717, 1.165) is 28.1 Å². The number of benzene rings is 2. The average Bonchev–Trinajstić information content (AvgIpc) is 2.80. The predicted molar refractivity (Wildman–Crippen MR) is 126 cm³/mol. The summed E-state index contributed by atoms with van der Waals surface area (Å²) in [6.45, 7) is 4.09. The van der Waals surface area contributed by atoms with Crippen LogP contribution in [0.2, 0.25) is 0 Å². The molecule has 4 rings (SSSR count). The van der Waals surface area contributed by atoms with E-state index in [1.165, 1.54) is 6.07 Å². The van der Waals surface area contributed by atoms with Crippen LogP contribution in [0.1, 0.15) is 40.0 Å². The van der Waals surface area contributed by atoms with Gasteiger partial charge in [-0.05, 0) is 55.2 Å². The van der Waals surface area contributed by atoms with Crippen molar-refractivity contribution in [3.05, 3.63) is 112 Å². The molecule has 0 aliphatic rings. The third kappa shape index (κ3) is 5.16. The molecule has 0 aliphatic heterocycles. The van der Waals surface area contributed by atoms with Gasteiger partial charge in [0.2, 0.25) is 5.56 Å². The maximum absolute atomic E-state index is 12.6. The molecule has 0 saturated heterocycles. The second kappa shape index (κ2) is 9.39. The molecule has 2 aromatic heterocycles. The smallest absolute Gasteiger partial charge is 0.255 e. The first kappa shape index (κ1) is 21.2. The largest absolute Gasteiger partial charge is 0.328 e. The molecule has 0 unspecified atom stereocenters. The van der Waals surface area contributed by atoms with Crippen LogP contribution in [0.4, 0.5) is 5.69 Å². The summed E-state index contributed by atoms with van der Waals surface area (Å²) in [7, 11) is 0. The standard InChI is InChI=1S/C26H24N4O2/c1-17-5-3-7-20(11-17)26(32)30-22-8-4-6-19(13-22)18(2)12-23-15-27-16-24(29-23)21-9-10-25(31)28-14-21/h3-11,13-16,18H,12H2,1-2H3,(H,28,31)(H,30,32)/t18-/m1/s1. The van der Waals surface area contributed by atoms with Crippen LogP contribution < -0.4 is 10.9 Å². The van der Waals surface area contributed by atoms with Crippen LogP contribution in [0, 0.1) is 6.92 Å². The summed E-state index contributed by atoms with van der Waals surface area (Å²) >= 11 is 0. The van der Waals surface area contributed by atoms with E-state index < -0.39 is 0 Å². The van der Waals surface area contributed by atoms with Crippen LogP contribution >= 0.6 is 0 Å². The van der Waals surface area contributed by atoms with Gasteiger partial charge in [-0.25, -0.2) is 4.98 Å². The summed E-state index contributed by atoms with van der Waals surface area (Å²) in [5.74, 6) is 0.0453. The lowest BCUT2D eigenvalue weighted by molar-refractivity contribution is 0.102. The van der Waals surface area contributed by atoms with E-state index in [1.54, 1.807) is 24.7 Å². The van der Waals surface area contributed by atoms with E-state index in [2.05, 4.69) is 22.2 Å². The minimum absolute atomic E-state index is 0.127. The Labute approximate surface area is 186 Å². The van der Waals surface area contributed by atoms with E-state index >= 15 is 0 Å². The van der Waals surface area contributed by atoms with Gasteiger partial charge >= 0.3 is 0 Å². The van der Waals surface area contributed by atoms with Crippen molar-refractivity contribution >= 4 is 11.6 Å². The fourth-order valence-electron chi connectivity index (χ4n) is 3.56. The second-order valence-electron chi connectivity index (χ2n) is 7.89. The van der Waals surface area contributed by atoms with Gasteiger partial charge in [-0.1, -0.05) is 36.8 Å². The van der Waals surface area contributed by atoms with Gasteiger partial charge in [0.15, 0.2) is 0 Å². The molecule has 4 aromatic rings. The van der Waals surface area contributed by atoms with Crippen LogP contribution in [-0.2, 0) is 6.42 Å². The molecule has 6 nitrogen and oxygen atoms in total. The van der Waals surface area contributed by atoms with Crippen molar-refractivity contribution in [2.24, 2.45) is 0 Å². The number of aromatic nitrogens is 3. The Morgan fingerprint density at radius 3 is 2.69 bits per heavy atom. The number of hydrogen-bond donors (Lipinski definition) is 2. The van der Waals surface area contributed by atoms with Gasteiger partial charge in [0, 0.05) is 35.3 Å².